The molecule has 1 fully saturated rings. The number of fused-ring (bicyclic) bond motifs is 1. The van der Waals surface area contributed by atoms with Gasteiger partial charge in [0.25, 0.3) is 0 Å². The minimum absolute atomic E-state index is 0.101. The van der Waals surface area contributed by atoms with Crippen LogP contribution in [0.2, 0.25) is 0 Å². The maximum atomic E-state index is 12.4. The predicted molar refractivity (Wildman–Crippen MR) is 79.8 cm³/mol. The van der Waals surface area contributed by atoms with Crippen molar-refractivity contribution in [1.82, 2.24) is 5.32 Å². The van der Waals surface area contributed by atoms with Crippen LogP contribution in [0.1, 0.15) is 42.1 Å². The Morgan fingerprint density at radius 1 is 1.33 bits per heavy atom. The lowest BCUT2D eigenvalue weighted by molar-refractivity contribution is 0.0695. The maximum absolute atomic E-state index is 12.4. The number of carboxylic acid groups (broad SMARTS) is 1. The summed E-state index contributed by atoms with van der Waals surface area (Å²) in [5.74, 6) is -0.246. The first-order chi connectivity index (χ1) is 10.1. The van der Waals surface area contributed by atoms with E-state index in [0.29, 0.717) is 24.4 Å². The summed E-state index contributed by atoms with van der Waals surface area (Å²) in [6.45, 7) is 2.82. The van der Waals surface area contributed by atoms with E-state index in [1.165, 1.54) is 0 Å². The van der Waals surface area contributed by atoms with Crippen LogP contribution in [0.4, 0.5) is 10.5 Å². The SMILES string of the molecule is CC1CC(NC(=O)N2CCCc3c(C(=O)O)cccc32)C1. The van der Waals surface area contributed by atoms with Crippen molar-refractivity contribution in [3.8, 4) is 0 Å². The standard InChI is InChI=1S/C16H20N2O3/c1-10-8-11(9-10)17-16(21)18-7-3-5-12-13(15(19)20)4-2-6-14(12)18/h2,4,6,10-11H,3,5,7-9H2,1H3,(H,17,21)(H,19,20). The molecule has 0 unspecified atom stereocenters. The summed E-state index contributed by atoms with van der Waals surface area (Å²) in [5.41, 5.74) is 1.82. The van der Waals surface area contributed by atoms with Crippen molar-refractivity contribution in [2.24, 2.45) is 5.92 Å². The molecule has 1 aliphatic carbocycles. The van der Waals surface area contributed by atoms with Crippen molar-refractivity contribution in [1.29, 1.82) is 0 Å². The summed E-state index contributed by atoms with van der Waals surface area (Å²) in [6, 6.07) is 5.32. The molecule has 1 aliphatic heterocycles. The zero-order valence-electron chi connectivity index (χ0n) is 12.1. The average molecular weight is 288 g/mol. The Morgan fingerprint density at radius 3 is 2.76 bits per heavy atom. The molecule has 1 heterocycles. The maximum Gasteiger partial charge on any atom is 0.336 e. The Balaban J connectivity index is 1.81. The number of nitrogens with one attached hydrogen (secondary N) is 1. The number of hydrogen-bond acceptors (Lipinski definition) is 2. The predicted octanol–water partition coefficient (Wildman–Crippen LogP) is 2.65. The molecule has 1 aromatic rings. The number of carbonyl (C=O) groups excluding carboxylic acids is 1. The quantitative estimate of drug-likeness (QED) is 0.879. The van der Waals surface area contributed by atoms with Crippen molar-refractivity contribution < 1.29 is 14.7 Å². The van der Waals surface area contributed by atoms with Crippen molar-refractivity contribution in [3.63, 3.8) is 0 Å². The molecule has 21 heavy (non-hydrogen) atoms. The number of aromatic carboxylic acids is 1. The van der Waals surface area contributed by atoms with E-state index >= 15 is 0 Å². The Kier molecular flexibility index (Phi) is 3.57. The molecule has 112 valence electrons. The van der Waals surface area contributed by atoms with E-state index in [2.05, 4.69) is 12.2 Å². The summed E-state index contributed by atoms with van der Waals surface area (Å²) >= 11 is 0. The van der Waals surface area contributed by atoms with Crippen LogP contribution in [0, 0.1) is 5.92 Å². The van der Waals surface area contributed by atoms with Gasteiger partial charge in [-0.25, -0.2) is 9.59 Å². The highest BCUT2D eigenvalue weighted by atomic mass is 16.4. The monoisotopic (exact) mass is 288 g/mol. The normalized spacial score (nSPS) is 24.0. The summed E-state index contributed by atoms with van der Waals surface area (Å²) < 4.78 is 0. The highest BCUT2D eigenvalue weighted by Crippen LogP contribution is 2.31. The van der Waals surface area contributed by atoms with Crippen LogP contribution < -0.4 is 10.2 Å². The summed E-state index contributed by atoms with van der Waals surface area (Å²) in [7, 11) is 0. The van der Waals surface area contributed by atoms with Crippen LogP contribution >= 0.6 is 0 Å². The first kappa shape index (κ1) is 13.9. The van der Waals surface area contributed by atoms with Gasteiger partial charge in [0.15, 0.2) is 0 Å². The number of nitrogens with zero attached hydrogens (tertiary/aromatic N) is 1. The summed E-state index contributed by atoms with van der Waals surface area (Å²) in [6.07, 6.45) is 3.57. The zero-order chi connectivity index (χ0) is 15.0. The average Bonchev–Trinajstić information content (AvgIpc) is 2.44. The van der Waals surface area contributed by atoms with Crippen LogP contribution in [0.15, 0.2) is 18.2 Å². The van der Waals surface area contributed by atoms with E-state index < -0.39 is 5.97 Å². The minimum Gasteiger partial charge on any atom is -0.478 e. The van der Waals surface area contributed by atoms with Crippen molar-refractivity contribution in [3.05, 3.63) is 29.3 Å². The van der Waals surface area contributed by atoms with Gasteiger partial charge in [-0.15, -0.1) is 0 Å². The van der Waals surface area contributed by atoms with Crippen molar-refractivity contribution in [2.45, 2.75) is 38.6 Å². The number of carbonyl (C=O) groups is 2. The van der Waals surface area contributed by atoms with E-state index in [1.807, 2.05) is 6.07 Å². The second kappa shape index (κ2) is 5.39. The molecule has 0 aromatic heterocycles. The Morgan fingerprint density at radius 2 is 2.10 bits per heavy atom. The number of anilines is 1. The van der Waals surface area contributed by atoms with Gasteiger partial charge in [-0.1, -0.05) is 13.0 Å². The summed E-state index contributed by atoms with van der Waals surface area (Å²) in [4.78, 5) is 25.4. The number of rotatable bonds is 2. The summed E-state index contributed by atoms with van der Waals surface area (Å²) in [5, 5.41) is 12.3. The van der Waals surface area contributed by atoms with Crippen LogP contribution in [0.5, 0.6) is 0 Å². The zero-order valence-corrected chi connectivity index (χ0v) is 12.1. The number of hydrogen-bond donors (Lipinski definition) is 2. The largest absolute Gasteiger partial charge is 0.478 e. The topological polar surface area (TPSA) is 69.6 Å². The van der Waals surface area contributed by atoms with Gasteiger partial charge < -0.3 is 10.4 Å². The second-order valence-electron chi connectivity index (χ2n) is 6.09. The molecule has 2 aliphatic rings. The van der Waals surface area contributed by atoms with E-state index in [9.17, 15) is 14.7 Å². The third-order valence-corrected chi connectivity index (χ3v) is 4.43. The molecule has 0 atom stereocenters. The Bertz CT molecular complexity index is 579. The molecule has 2 amide bonds. The van der Waals surface area contributed by atoms with E-state index in [-0.39, 0.29) is 12.1 Å². The number of carboxylic acids is 1. The molecule has 3 rings (SSSR count). The highest BCUT2D eigenvalue weighted by Gasteiger charge is 2.31. The lowest BCUT2D eigenvalue weighted by atomic mass is 9.82. The van der Waals surface area contributed by atoms with E-state index in [4.69, 9.17) is 0 Å². The fourth-order valence-electron chi connectivity index (χ4n) is 3.31. The first-order valence-electron chi connectivity index (χ1n) is 7.49. The van der Waals surface area contributed by atoms with Gasteiger partial charge in [0.2, 0.25) is 0 Å². The third-order valence-electron chi connectivity index (χ3n) is 4.43. The molecule has 0 bridgehead atoms. The van der Waals surface area contributed by atoms with Gasteiger partial charge in [0.1, 0.15) is 0 Å². The number of benzene rings is 1. The fourth-order valence-corrected chi connectivity index (χ4v) is 3.31. The molecule has 5 nitrogen and oxygen atoms in total. The van der Waals surface area contributed by atoms with Gasteiger partial charge in [-0.2, -0.15) is 0 Å². The molecular formula is C16H20N2O3. The van der Waals surface area contributed by atoms with Gasteiger partial charge in [-0.3, -0.25) is 4.90 Å². The molecule has 0 spiro atoms. The van der Waals surface area contributed by atoms with E-state index in [1.54, 1.807) is 17.0 Å². The lowest BCUT2D eigenvalue weighted by Gasteiger charge is -2.37. The number of urea groups is 1. The minimum atomic E-state index is -0.929. The van der Waals surface area contributed by atoms with Gasteiger partial charge in [-0.05, 0) is 49.3 Å². The lowest BCUT2D eigenvalue weighted by Crippen LogP contribution is -2.50. The van der Waals surface area contributed by atoms with Gasteiger partial charge >= 0.3 is 12.0 Å². The van der Waals surface area contributed by atoms with Crippen LogP contribution in [0.3, 0.4) is 0 Å². The second-order valence-corrected chi connectivity index (χ2v) is 6.09. The molecule has 2 N–H and O–H groups in total. The molecule has 1 saturated carbocycles. The molecule has 0 saturated heterocycles. The third kappa shape index (κ3) is 2.60. The van der Waals surface area contributed by atoms with Crippen molar-refractivity contribution >= 4 is 17.7 Å². The molecule has 1 aromatic carbocycles. The van der Waals surface area contributed by atoms with Gasteiger partial charge in [0, 0.05) is 18.3 Å². The van der Waals surface area contributed by atoms with Crippen molar-refractivity contribution in [2.75, 3.05) is 11.4 Å². The van der Waals surface area contributed by atoms with Gasteiger partial charge in [0.05, 0.1) is 5.56 Å². The first-order valence-corrected chi connectivity index (χ1v) is 7.49. The molecule has 5 heteroatoms. The highest BCUT2D eigenvalue weighted by molar-refractivity contribution is 5.97. The van der Waals surface area contributed by atoms with E-state index in [0.717, 1.165) is 30.5 Å². The van der Waals surface area contributed by atoms with Crippen LogP contribution in [-0.4, -0.2) is 29.7 Å². The number of amides is 2. The Hall–Kier alpha value is -2.04. The fraction of sp³-hybridized carbons (Fsp3) is 0.500. The molecule has 0 radical (unpaired) electrons. The smallest absolute Gasteiger partial charge is 0.336 e. The van der Waals surface area contributed by atoms with Crippen LogP contribution in [-0.2, 0) is 6.42 Å². The Labute approximate surface area is 123 Å². The molecular weight excluding hydrogens is 268 g/mol. The van der Waals surface area contributed by atoms with Crippen LogP contribution in [0.25, 0.3) is 0 Å².